The maximum Gasteiger partial charge on any atom is 0.274 e. The van der Waals surface area contributed by atoms with E-state index in [1.807, 2.05) is 16.9 Å². The lowest BCUT2D eigenvalue weighted by molar-refractivity contribution is -0.143. The summed E-state index contributed by atoms with van der Waals surface area (Å²) in [6, 6.07) is 13.0. The number of aliphatic hydroxyl groups excluding tert-OH is 1. The number of anilines is 2. The summed E-state index contributed by atoms with van der Waals surface area (Å²) >= 11 is 0. The first kappa shape index (κ1) is 42.0. The van der Waals surface area contributed by atoms with Crippen LogP contribution in [0.3, 0.4) is 0 Å². The molecule has 328 valence electrons. The number of amides is 4. The summed E-state index contributed by atoms with van der Waals surface area (Å²) in [4.78, 5) is 56.9. The van der Waals surface area contributed by atoms with Crippen LogP contribution in [-0.2, 0) is 20.0 Å². The van der Waals surface area contributed by atoms with Crippen molar-refractivity contribution in [1.82, 2.24) is 34.5 Å². The minimum atomic E-state index is -1.30. The van der Waals surface area contributed by atoms with Crippen molar-refractivity contribution in [3.63, 3.8) is 0 Å². The highest BCUT2D eigenvalue weighted by Crippen LogP contribution is 2.38. The van der Waals surface area contributed by atoms with E-state index in [9.17, 15) is 34.7 Å². The summed E-state index contributed by atoms with van der Waals surface area (Å²) < 4.78 is 33.8. The van der Waals surface area contributed by atoms with Crippen LogP contribution in [0.1, 0.15) is 91.5 Å². The normalized spacial score (nSPS) is 22.6. The van der Waals surface area contributed by atoms with Crippen LogP contribution in [0.4, 0.5) is 20.2 Å². The third-order valence-corrected chi connectivity index (χ3v) is 13.2. The average molecular weight is 863 g/mol. The first-order valence-corrected chi connectivity index (χ1v) is 21.4. The Balaban J connectivity index is 0.802. The number of piperazine rings is 1. The highest BCUT2D eigenvalue weighted by Gasteiger charge is 2.42. The molecule has 1 aliphatic carbocycles. The zero-order chi connectivity index (χ0) is 44.3. The Morgan fingerprint density at radius 2 is 1.71 bits per heavy atom. The van der Waals surface area contributed by atoms with Gasteiger partial charge in [-0.05, 0) is 88.4 Å². The fraction of sp³-hybridized carbons (Fsp3) is 0.444. The molecule has 3 saturated heterocycles. The number of aromatic nitrogens is 4. The first-order chi connectivity index (χ1) is 30.2. The highest BCUT2D eigenvalue weighted by molar-refractivity contribution is 6.05. The Morgan fingerprint density at radius 3 is 2.40 bits per heavy atom. The van der Waals surface area contributed by atoms with Crippen LogP contribution in [0.15, 0.2) is 54.9 Å². The Hall–Kier alpha value is -6.29. The quantitative estimate of drug-likeness (QED) is 0.156. The molecule has 5 aromatic rings. The van der Waals surface area contributed by atoms with E-state index in [2.05, 4.69) is 26.7 Å². The lowest BCUT2D eigenvalue weighted by Gasteiger charge is -2.48. The summed E-state index contributed by atoms with van der Waals surface area (Å²) in [5.41, 5.74) is 1.53. The third kappa shape index (κ3) is 8.00. The minimum absolute atomic E-state index is 0.00232. The summed E-state index contributed by atoms with van der Waals surface area (Å²) in [5.74, 6) is -4.92. The van der Waals surface area contributed by atoms with Crippen LogP contribution in [0.5, 0.6) is 0 Å². The standard InChI is InChI=1S/C45H48F2N10O6/c1-45(2,63)34-17-37-26(14-38(34)50-43(61)39-9-7-30-13-25(18-48)19-49-57(30)39)22-56(52-37)29-5-3-28(4-6-29)53-11-12-55(32(23-53)24-58)44(62)27-20-54(21-27)31-15-35(46)41(36(47)16-31)33-8-10-40(59)51-42(33)60/h7,9,13-17,19,22,27-29,32-33,58,63H,3-6,8,10-12,20-21,23-24H2,1-2H3,(H,50,61)(H,51,59,60)/t28?,29?,32-,33-/m1/s1. The maximum atomic E-state index is 15.2. The van der Waals surface area contributed by atoms with E-state index in [0.717, 1.165) is 31.1 Å². The summed E-state index contributed by atoms with van der Waals surface area (Å²) in [6.45, 7) is 5.29. The van der Waals surface area contributed by atoms with E-state index in [1.165, 1.54) is 22.8 Å². The predicted octanol–water partition coefficient (Wildman–Crippen LogP) is 3.96. The van der Waals surface area contributed by atoms with Crippen molar-refractivity contribution < 1.29 is 38.2 Å². The van der Waals surface area contributed by atoms with Crippen LogP contribution < -0.4 is 15.5 Å². The molecule has 0 radical (unpaired) electrons. The topological polar surface area (TPSA) is 201 Å². The molecule has 1 saturated carbocycles. The number of hydrogen-bond donors (Lipinski definition) is 4. The number of imide groups is 1. The zero-order valence-corrected chi connectivity index (χ0v) is 34.9. The first-order valence-electron chi connectivity index (χ1n) is 21.4. The molecule has 2 atom stereocenters. The number of aliphatic hydroxyl groups is 2. The van der Waals surface area contributed by atoms with Gasteiger partial charge in [0.2, 0.25) is 17.7 Å². The number of piperidine rings is 1. The van der Waals surface area contributed by atoms with Crippen LogP contribution in [0, 0.1) is 28.9 Å². The van der Waals surface area contributed by atoms with Crippen molar-refractivity contribution in [2.24, 2.45) is 5.92 Å². The Bertz CT molecular complexity index is 2670. The number of nitrogens with one attached hydrogen (secondary N) is 2. The molecule has 2 aromatic carbocycles. The van der Waals surface area contributed by atoms with E-state index in [-0.39, 0.29) is 73.5 Å². The molecule has 0 unspecified atom stereocenters. The molecule has 0 bridgehead atoms. The van der Waals surface area contributed by atoms with Gasteiger partial charge in [-0.25, -0.2) is 13.3 Å². The minimum Gasteiger partial charge on any atom is -0.394 e. The van der Waals surface area contributed by atoms with Crippen LogP contribution in [0.2, 0.25) is 0 Å². The Morgan fingerprint density at radius 1 is 0.984 bits per heavy atom. The van der Waals surface area contributed by atoms with E-state index in [4.69, 9.17) is 5.10 Å². The smallest absolute Gasteiger partial charge is 0.274 e. The van der Waals surface area contributed by atoms with Gasteiger partial charge in [-0.1, -0.05) is 0 Å². The van der Waals surface area contributed by atoms with Crippen molar-refractivity contribution in [3.05, 3.63) is 88.9 Å². The largest absolute Gasteiger partial charge is 0.394 e. The molecular weight excluding hydrogens is 815 g/mol. The molecule has 4 aliphatic rings. The van der Waals surface area contributed by atoms with Crippen molar-refractivity contribution in [2.45, 2.75) is 82.0 Å². The number of rotatable bonds is 9. The second-order valence-corrected chi connectivity index (χ2v) is 17.7. The maximum absolute atomic E-state index is 15.2. The number of carbonyl (C=O) groups is 4. The predicted molar refractivity (Wildman–Crippen MR) is 225 cm³/mol. The third-order valence-electron chi connectivity index (χ3n) is 13.2. The fourth-order valence-corrected chi connectivity index (χ4v) is 9.79. The van der Waals surface area contributed by atoms with Gasteiger partial charge in [0.05, 0.1) is 58.9 Å². The summed E-state index contributed by atoms with van der Waals surface area (Å²) in [6.07, 6.45) is 6.91. The number of carbonyl (C=O) groups excluding carboxylic acids is 4. The van der Waals surface area contributed by atoms with Gasteiger partial charge in [-0.3, -0.25) is 34.1 Å². The van der Waals surface area contributed by atoms with Crippen LogP contribution in [-0.4, -0.2) is 114 Å². The number of nitriles is 1. The molecule has 4 fully saturated rings. The Kier molecular flexibility index (Phi) is 11.0. The number of hydrogen-bond acceptors (Lipinski definition) is 11. The van der Waals surface area contributed by atoms with Gasteiger partial charge in [0.1, 0.15) is 23.4 Å². The van der Waals surface area contributed by atoms with Crippen molar-refractivity contribution in [2.75, 3.05) is 49.5 Å². The highest BCUT2D eigenvalue weighted by atomic mass is 19.1. The van der Waals surface area contributed by atoms with Crippen molar-refractivity contribution in [1.29, 1.82) is 5.26 Å². The zero-order valence-electron chi connectivity index (χ0n) is 34.9. The average Bonchev–Trinajstić information content (AvgIpc) is 3.87. The molecule has 3 aliphatic heterocycles. The van der Waals surface area contributed by atoms with Gasteiger partial charge in [-0.15, -0.1) is 0 Å². The Labute approximate surface area is 361 Å². The van der Waals surface area contributed by atoms with Crippen molar-refractivity contribution >= 4 is 51.4 Å². The van der Waals surface area contributed by atoms with Crippen LogP contribution in [0.25, 0.3) is 16.4 Å². The number of benzene rings is 2. The molecule has 0 spiro atoms. The second-order valence-electron chi connectivity index (χ2n) is 17.7. The van der Waals surface area contributed by atoms with Gasteiger partial charge in [0.15, 0.2) is 0 Å². The molecule has 4 amide bonds. The summed E-state index contributed by atoms with van der Waals surface area (Å²) in [7, 11) is 0. The van der Waals surface area contributed by atoms with Gasteiger partial charge >= 0.3 is 0 Å². The van der Waals surface area contributed by atoms with E-state index in [1.54, 1.807) is 47.9 Å². The fourth-order valence-electron chi connectivity index (χ4n) is 9.79. The monoisotopic (exact) mass is 862 g/mol. The summed E-state index contributed by atoms with van der Waals surface area (Å²) in [5, 5.41) is 45.9. The lowest BCUT2D eigenvalue weighted by atomic mass is 9.88. The molecule has 63 heavy (non-hydrogen) atoms. The van der Waals surface area contributed by atoms with Gasteiger partial charge in [0, 0.05) is 79.3 Å². The van der Waals surface area contributed by atoms with Crippen LogP contribution >= 0.6 is 0 Å². The molecule has 16 nitrogen and oxygen atoms in total. The number of fused-ring (bicyclic) bond motifs is 2. The van der Waals surface area contributed by atoms with E-state index < -0.39 is 46.8 Å². The molecule has 3 aromatic heterocycles. The molecule has 6 heterocycles. The number of nitrogens with zero attached hydrogens (tertiary/aromatic N) is 8. The molecule has 9 rings (SSSR count). The molecule has 4 N–H and O–H groups in total. The molecular formula is C45H48F2N10O6. The van der Waals surface area contributed by atoms with E-state index >= 15 is 8.78 Å². The lowest BCUT2D eigenvalue weighted by Crippen LogP contribution is -2.63. The second kappa shape index (κ2) is 16.4. The van der Waals surface area contributed by atoms with Gasteiger partial charge < -0.3 is 25.3 Å². The van der Waals surface area contributed by atoms with Gasteiger partial charge in [-0.2, -0.15) is 15.5 Å². The SMILES string of the molecule is CC(C)(O)c1cc2nn(C3CCC(N4CCN(C(=O)C5CN(c6cc(F)c([C@H]7CCC(=O)NC7=O)c(F)c6)C5)[C@@H](CO)C4)CC3)cc2cc1NC(=O)c1ccc2cc(C#N)cnn12. The molecule has 18 heteroatoms. The van der Waals surface area contributed by atoms with Crippen molar-refractivity contribution in [3.8, 4) is 6.07 Å². The number of halogens is 2. The van der Waals surface area contributed by atoms with E-state index in [0.29, 0.717) is 47.5 Å². The van der Waals surface area contributed by atoms with Gasteiger partial charge in [0.25, 0.3) is 5.91 Å².